The molecule has 0 radical (unpaired) electrons. The van der Waals surface area contributed by atoms with Crippen LogP contribution in [0.15, 0.2) is 24.3 Å². The third-order valence-corrected chi connectivity index (χ3v) is 4.24. The third-order valence-electron chi connectivity index (χ3n) is 3.65. The fourth-order valence-corrected chi connectivity index (χ4v) is 2.92. The van der Waals surface area contributed by atoms with Crippen molar-refractivity contribution in [2.45, 2.75) is 38.5 Å². The molecule has 15 heavy (non-hydrogen) atoms. The lowest BCUT2D eigenvalue weighted by Gasteiger charge is -2.18. The van der Waals surface area contributed by atoms with Crippen molar-refractivity contribution in [3.05, 3.63) is 35.4 Å². The van der Waals surface area contributed by atoms with E-state index >= 15 is 0 Å². The molecule has 1 aromatic carbocycles. The standard InChI is InChI=1S/C14H19Cl/c1-3-10(2)8-12-9-11-6-4-5-7-13(11)14(12)15/h4-7,10,12,14H,3,8-9H2,1-2H3. The fraction of sp³-hybridized carbons (Fsp3) is 0.571. The Bertz CT molecular complexity index is 332. The van der Waals surface area contributed by atoms with Gasteiger partial charge in [-0.2, -0.15) is 0 Å². The average Bonchev–Trinajstić information content (AvgIpc) is 2.57. The lowest BCUT2D eigenvalue weighted by Crippen LogP contribution is -2.07. The molecule has 1 aliphatic carbocycles. The Morgan fingerprint density at radius 2 is 2.13 bits per heavy atom. The van der Waals surface area contributed by atoms with Gasteiger partial charge in [-0.25, -0.2) is 0 Å². The second-order valence-corrected chi connectivity index (χ2v) is 5.28. The zero-order valence-corrected chi connectivity index (χ0v) is 10.3. The molecule has 0 amide bonds. The largest absolute Gasteiger partial charge is 0.117 e. The minimum absolute atomic E-state index is 0.246. The number of alkyl halides is 1. The highest BCUT2D eigenvalue weighted by Crippen LogP contribution is 2.43. The van der Waals surface area contributed by atoms with Crippen LogP contribution in [0, 0.1) is 11.8 Å². The summed E-state index contributed by atoms with van der Waals surface area (Å²) in [5.74, 6) is 1.45. The highest BCUT2D eigenvalue weighted by atomic mass is 35.5. The minimum atomic E-state index is 0.246. The van der Waals surface area contributed by atoms with Crippen LogP contribution in [0.25, 0.3) is 0 Å². The number of hydrogen-bond donors (Lipinski definition) is 0. The van der Waals surface area contributed by atoms with Gasteiger partial charge in [0.2, 0.25) is 0 Å². The summed E-state index contributed by atoms with van der Waals surface area (Å²) >= 11 is 6.51. The molecule has 82 valence electrons. The summed E-state index contributed by atoms with van der Waals surface area (Å²) in [7, 11) is 0. The van der Waals surface area contributed by atoms with Gasteiger partial charge in [0.1, 0.15) is 0 Å². The predicted octanol–water partition coefficient (Wildman–Crippen LogP) is 4.58. The van der Waals surface area contributed by atoms with Gasteiger partial charge in [0.05, 0.1) is 5.38 Å². The predicted molar refractivity (Wildman–Crippen MR) is 66.3 cm³/mol. The lowest BCUT2D eigenvalue weighted by molar-refractivity contribution is 0.388. The highest BCUT2D eigenvalue weighted by Gasteiger charge is 2.30. The SMILES string of the molecule is CCC(C)CC1Cc2ccccc2C1Cl. The van der Waals surface area contributed by atoms with Gasteiger partial charge < -0.3 is 0 Å². The molecule has 1 aromatic rings. The van der Waals surface area contributed by atoms with E-state index in [0.717, 1.165) is 5.92 Å². The minimum Gasteiger partial charge on any atom is -0.117 e. The zero-order valence-electron chi connectivity index (χ0n) is 9.54. The first-order chi connectivity index (χ1) is 7.22. The van der Waals surface area contributed by atoms with Crippen LogP contribution in [0.4, 0.5) is 0 Å². The summed E-state index contributed by atoms with van der Waals surface area (Å²) in [4.78, 5) is 0. The van der Waals surface area contributed by atoms with Crippen molar-refractivity contribution < 1.29 is 0 Å². The van der Waals surface area contributed by atoms with Crippen molar-refractivity contribution in [1.29, 1.82) is 0 Å². The maximum absolute atomic E-state index is 6.51. The van der Waals surface area contributed by atoms with Crippen LogP contribution >= 0.6 is 11.6 Å². The smallest absolute Gasteiger partial charge is 0.0619 e. The van der Waals surface area contributed by atoms with E-state index in [2.05, 4.69) is 38.1 Å². The van der Waals surface area contributed by atoms with Crippen molar-refractivity contribution in [1.82, 2.24) is 0 Å². The molecule has 0 N–H and O–H groups in total. The summed E-state index contributed by atoms with van der Waals surface area (Å²) in [6.07, 6.45) is 3.70. The van der Waals surface area contributed by atoms with Crippen LogP contribution in [0.3, 0.4) is 0 Å². The number of hydrogen-bond acceptors (Lipinski definition) is 0. The first-order valence-corrected chi connectivity index (χ1v) is 6.38. The lowest BCUT2D eigenvalue weighted by atomic mass is 9.92. The molecule has 3 atom stereocenters. The Kier molecular flexibility index (Phi) is 3.35. The highest BCUT2D eigenvalue weighted by molar-refractivity contribution is 6.21. The van der Waals surface area contributed by atoms with Gasteiger partial charge in [-0.05, 0) is 35.8 Å². The normalized spacial score (nSPS) is 26.3. The summed E-state index contributed by atoms with van der Waals surface area (Å²) in [6, 6.07) is 8.62. The molecule has 0 spiro atoms. The van der Waals surface area contributed by atoms with Gasteiger partial charge in [0.15, 0.2) is 0 Å². The van der Waals surface area contributed by atoms with E-state index in [9.17, 15) is 0 Å². The topological polar surface area (TPSA) is 0 Å². The molecule has 3 unspecified atom stereocenters. The monoisotopic (exact) mass is 222 g/mol. The van der Waals surface area contributed by atoms with Crippen molar-refractivity contribution in [3.63, 3.8) is 0 Å². The van der Waals surface area contributed by atoms with Crippen molar-refractivity contribution in [2.24, 2.45) is 11.8 Å². The molecule has 2 rings (SSSR count). The van der Waals surface area contributed by atoms with Gasteiger partial charge >= 0.3 is 0 Å². The van der Waals surface area contributed by atoms with Crippen LogP contribution in [0.1, 0.15) is 43.2 Å². The maximum atomic E-state index is 6.51. The summed E-state index contributed by atoms with van der Waals surface area (Å²) < 4.78 is 0. The Morgan fingerprint density at radius 3 is 2.80 bits per heavy atom. The van der Waals surface area contributed by atoms with E-state index in [-0.39, 0.29) is 5.38 Å². The molecule has 0 saturated heterocycles. The first-order valence-electron chi connectivity index (χ1n) is 5.94. The average molecular weight is 223 g/mol. The number of halogens is 1. The zero-order chi connectivity index (χ0) is 10.8. The summed E-state index contributed by atoms with van der Waals surface area (Å²) in [5, 5.41) is 0.246. The van der Waals surface area contributed by atoms with Crippen molar-refractivity contribution >= 4 is 11.6 Å². The first kappa shape index (κ1) is 11.0. The van der Waals surface area contributed by atoms with Crippen LogP contribution in [-0.2, 0) is 6.42 Å². The molecule has 0 aromatic heterocycles. The second-order valence-electron chi connectivity index (χ2n) is 4.81. The molecular weight excluding hydrogens is 204 g/mol. The molecule has 1 heteroatoms. The molecular formula is C14H19Cl. The van der Waals surface area contributed by atoms with E-state index in [1.807, 2.05) is 0 Å². The molecule has 0 nitrogen and oxygen atoms in total. The third kappa shape index (κ3) is 2.20. The molecule has 1 aliphatic rings. The van der Waals surface area contributed by atoms with E-state index < -0.39 is 0 Å². The van der Waals surface area contributed by atoms with E-state index in [1.165, 1.54) is 30.4 Å². The Balaban J connectivity index is 2.10. The van der Waals surface area contributed by atoms with E-state index in [4.69, 9.17) is 11.6 Å². The van der Waals surface area contributed by atoms with E-state index in [1.54, 1.807) is 0 Å². The van der Waals surface area contributed by atoms with Gasteiger partial charge in [0, 0.05) is 0 Å². The van der Waals surface area contributed by atoms with Crippen molar-refractivity contribution in [3.8, 4) is 0 Å². The summed E-state index contributed by atoms with van der Waals surface area (Å²) in [5.41, 5.74) is 2.83. The van der Waals surface area contributed by atoms with Crippen LogP contribution in [0.2, 0.25) is 0 Å². The second kappa shape index (κ2) is 4.57. The fourth-order valence-electron chi connectivity index (χ4n) is 2.52. The van der Waals surface area contributed by atoms with Crippen molar-refractivity contribution in [2.75, 3.05) is 0 Å². The Hall–Kier alpha value is -0.490. The molecule has 0 aliphatic heterocycles. The van der Waals surface area contributed by atoms with Gasteiger partial charge in [-0.1, -0.05) is 44.5 Å². The van der Waals surface area contributed by atoms with Crippen LogP contribution in [-0.4, -0.2) is 0 Å². The van der Waals surface area contributed by atoms with Gasteiger partial charge in [-0.3, -0.25) is 0 Å². The number of rotatable bonds is 3. The maximum Gasteiger partial charge on any atom is 0.0619 e. The Labute approximate surface area is 97.6 Å². The number of benzene rings is 1. The Morgan fingerprint density at radius 1 is 1.40 bits per heavy atom. The summed E-state index contributed by atoms with van der Waals surface area (Å²) in [6.45, 7) is 4.59. The molecule has 0 heterocycles. The van der Waals surface area contributed by atoms with E-state index in [0.29, 0.717) is 5.92 Å². The van der Waals surface area contributed by atoms with Gasteiger partial charge in [-0.15, -0.1) is 11.6 Å². The molecule has 0 saturated carbocycles. The molecule has 0 bridgehead atoms. The molecule has 0 fully saturated rings. The number of fused-ring (bicyclic) bond motifs is 1. The quantitative estimate of drug-likeness (QED) is 0.657. The van der Waals surface area contributed by atoms with Crippen LogP contribution < -0.4 is 0 Å². The van der Waals surface area contributed by atoms with Gasteiger partial charge in [0.25, 0.3) is 0 Å². The van der Waals surface area contributed by atoms with Crippen LogP contribution in [0.5, 0.6) is 0 Å².